The van der Waals surface area contributed by atoms with E-state index in [0.717, 1.165) is 0 Å². The van der Waals surface area contributed by atoms with Crippen LogP contribution in [-0.2, 0) is 7.58 Å². The Morgan fingerprint density at radius 2 is 1.82 bits per heavy atom. The molecule has 17 heavy (non-hydrogen) atoms. The van der Waals surface area contributed by atoms with E-state index >= 15 is 0 Å². The molecule has 0 radical (unpaired) electrons. The number of nitrogens with one attached hydrogen (secondary N) is 1. The molecule has 0 aliphatic carbocycles. The number of rotatable bonds is 1. The van der Waals surface area contributed by atoms with Gasteiger partial charge in [0.2, 0.25) is 0 Å². The van der Waals surface area contributed by atoms with Gasteiger partial charge in [0, 0.05) is 0 Å². The molecule has 1 aliphatic heterocycles. The minimum Gasteiger partial charge on any atom is 1.00 e. The number of hydrogen-bond donors (Lipinski definition) is 1. The van der Waals surface area contributed by atoms with Crippen LogP contribution >= 0.6 is 23.2 Å². The molecule has 1 amide bonds. The predicted octanol–water partition coefficient (Wildman–Crippen LogP) is -1.57. The summed E-state index contributed by atoms with van der Waals surface area (Å²) in [5, 5.41) is 0.761. The largest absolute Gasteiger partial charge is 1.00 e. The van der Waals surface area contributed by atoms with E-state index < -0.39 is 8.70 Å². The molecule has 0 saturated carbocycles. The standard InChI is InChI=1S/C8H4Cl2N3O2.2Na/c9-5-1-4(2-6(10)3-5)7-8(14)11-12-13(7)15;;/h1-3H,(H,11,14);;/q;;+1. The van der Waals surface area contributed by atoms with Gasteiger partial charge in [0.05, 0.1) is 0 Å². The summed E-state index contributed by atoms with van der Waals surface area (Å²) in [4.78, 5) is 23.5. The van der Waals surface area contributed by atoms with Crippen molar-refractivity contribution in [3.8, 4) is 0 Å². The van der Waals surface area contributed by atoms with Crippen LogP contribution in [0, 0.1) is 4.91 Å². The molecule has 9 heteroatoms. The Bertz CT molecular complexity index is 461. The summed E-state index contributed by atoms with van der Waals surface area (Å²) in [5.41, 5.74) is 5.94. The van der Waals surface area contributed by atoms with Crippen LogP contribution in [0.15, 0.2) is 18.2 Å². The van der Waals surface area contributed by atoms with Crippen LogP contribution in [0.4, 0.5) is 0 Å². The van der Waals surface area contributed by atoms with E-state index in [4.69, 9.17) is 23.2 Å². The van der Waals surface area contributed by atoms with Gasteiger partial charge in [-0.2, -0.15) is 0 Å². The molecule has 78 valence electrons. The maximum atomic E-state index is 11.6. The van der Waals surface area contributed by atoms with Gasteiger partial charge in [-0.15, -0.1) is 0 Å². The molecule has 1 heterocycles. The zero-order valence-corrected chi connectivity index (χ0v) is 14.7. The molecule has 1 unspecified atom stereocenters. The van der Waals surface area contributed by atoms with E-state index in [1.165, 1.54) is 6.07 Å². The number of carbonyl (C=O) groups excluding carboxylic acids is 1. The monoisotopic (exact) mass is 290 g/mol. The normalized spacial score (nSPS) is 22.8. The number of halogens is 2. The molecule has 1 atom stereocenters. The number of nitrogens with zero attached hydrogens (tertiary/aromatic N) is 2. The first kappa shape index (κ1) is 15.7. The summed E-state index contributed by atoms with van der Waals surface area (Å²) < 4.78 is -1.28. The summed E-state index contributed by atoms with van der Waals surface area (Å²) in [5.74, 6) is -0.451. The van der Waals surface area contributed by atoms with Gasteiger partial charge in [-0.1, -0.05) is 0 Å². The molecule has 0 spiro atoms. The Balaban J connectivity index is 0.00000144. The Morgan fingerprint density at radius 3 is 2.24 bits per heavy atom. The van der Waals surface area contributed by atoms with E-state index in [-0.39, 0.29) is 57.5 Å². The third-order valence-electron chi connectivity index (χ3n) is 2.49. The van der Waals surface area contributed by atoms with Gasteiger partial charge in [-0.25, -0.2) is 0 Å². The van der Waals surface area contributed by atoms with Crippen LogP contribution < -0.4 is 35.0 Å². The first-order valence-electron chi connectivity index (χ1n) is 4.39. The minimum absolute atomic E-state index is 0. The fourth-order valence-corrected chi connectivity index (χ4v) is 2.49. The van der Waals surface area contributed by atoms with Crippen molar-refractivity contribution in [2.24, 2.45) is 0 Å². The van der Waals surface area contributed by atoms with E-state index in [1.54, 1.807) is 12.1 Å². The topological polar surface area (TPSA) is 63.3 Å². The molecule has 1 aromatic carbocycles. The van der Waals surface area contributed by atoms with Crippen LogP contribution in [0.1, 0.15) is 5.56 Å². The van der Waals surface area contributed by atoms with Gasteiger partial charge < -0.3 is 0 Å². The second-order valence-electron chi connectivity index (χ2n) is 3.54. The summed E-state index contributed by atoms with van der Waals surface area (Å²) in [6.45, 7) is 0. The molecule has 1 aromatic rings. The first-order valence-corrected chi connectivity index (χ1v) is 6.15. The van der Waals surface area contributed by atoms with Crippen molar-refractivity contribution in [1.29, 1.82) is 0 Å². The number of amides is 1. The second-order valence-corrected chi connectivity index (χ2v) is 5.86. The van der Waals surface area contributed by atoms with Crippen molar-refractivity contribution < 1.29 is 39.2 Å². The van der Waals surface area contributed by atoms with Crippen LogP contribution in [0.5, 0.6) is 0 Å². The Labute approximate surface area is 147 Å². The van der Waals surface area contributed by atoms with Crippen molar-refractivity contribution >= 4 is 57.0 Å². The average Bonchev–Trinajstić information content (AvgIpc) is 2.46. The van der Waals surface area contributed by atoms with Crippen molar-refractivity contribution in [3.05, 3.63) is 44.2 Å². The number of nitroso groups, excluding NO2 is 1. The van der Waals surface area contributed by atoms with Gasteiger partial charge in [0.1, 0.15) is 0 Å². The Hall–Kier alpha value is 0.670. The third-order valence-corrected chi connectivity index (χ3v) is 4.34. The molecule has 5 nitrogen and oxygen atoms in total. The Morgan fingerprint density at radius 1 is 1.29 bits per heavy atom. The number of benzene rings is 1. The molecule has 0 aromatic heterocycles. The van der Waals surface area contributed by atoms with Gasteiger partial charge in [0.15, 0.2) is 0 Å². The van der Waals surface area contributed by atoms with E-state index in [1.807, 2.05) is 0 Å². The van der Waals surface area contributed by atoms with Gasteiger partial charge in [-0.05, 0) is 0 Å². The van der Waals surface area contributed by atoms with Crippen molar-refractivity contribution in [1.82, 2.24) is 5.43 Å². The quantitative estimate of drug-likeness (QED) is 0.502. The molecule has 1 N–H and O–H groups in total. The molecule has 0 bridgehead atoms. The average molecular weight is 291 g/mol. The molecular formula is C8H4Cl2N3Na2O2+. The molecule has 1 aliphatic rings. The maximum absolute atomic E-state index is 11.6. The molecule has 1 saturated heterocycles. The molecule has 1 fully saturated rings. The van der Waals surface area contributed by atoms with E-state index in [0.29, 0.717) is 20.5 Å². The number of carbonyl (C=O) groups is 1. The Kier molecular flexibility index (Phi) is 5.32. The predicted molar refractivity (Wildman–Crippen MR) is 59.0 cm³/mol. The number of hydrogen-bond acceptors (Lipinski definition) is 2. The van der Waals surface area contributed by atoms with Crippen LogP contribution in [0.25, 0.3) is 5.53 Å². The summed E-state index contributed by atoms with van der Waals surface area (Å²) in [6.07, 6.45) is 0. The zero-order chi connectivity index (χ0) is 11.9. The molecule has 2 rings (SSSR count). The van der Waals surface area contributed by atoms with Gasteiger partial charge in [0.25, 0.3) is 0 Å². The van der Waals surface area contributed by atoms with E-state index in [2.05, 4.69) is 11.0 Å². The fourth-order valence-electron chi connectivity index (χ4n) is 1.46. The first-order chi connectivity index (χ1) is 7.44. The van der Waals surface area contributed by atoms with Crippen LogP contribution in [0.2, 0.25) is 10.0 Å². The third kappa shape index (κ3) is 2.82. The van der Waals surface area contributed by atoms with Gasteiger partial charge in [-0.3, -0.25) is 0 Å². The zero-order valence-electron chi connectivity index (χ0n) is 9.20. The SMILES string of the molecule is O=C1N[N-][N+](=O)[C]1([Na])c1cc(Cl)cc(Cl)c1.[Na+]. The minimum atomic E-state index is -1.28. The van der Waals surface area contributed by atoms with Crippen molar-refractivity contribution in [2.45, 2.75) is 2.79 Å². The van der Waals surface area contributed by atoms with E-state index in [9.17, 15) is 9.70 Å². The smallest absolute Gasteiger partial charge is 1.00 e. The summed E-state index contributed by atoms with van der Waals surface area (Å²) in [7, 11) is 0. The maximum Gasteiger partial charge on any atom is 1.00 e. The summed E-state index contributed by atoms with van der Waals surface area (Å²) in [6, 6.07) is 4.63. The van der Waals surface area contributed by atoms with Crippen LogP contribution in [0.3, 0.4) is 0 Å². The van der Waals surface area contributed by atoms with Crippen molar-refractivity contribution in [3.63, 3.8) is 0 Å². The van der Waals surface area contributed by atoms with Crippen LogP contribution in [-0.4, -0.2) is 38.7 Å². The van der Waals surface area contributed by atoms with Crippen molar-refractivity contribution in [2.75, 3.05) is 0 Å². The molecular weight excluding hydrogens is 287 g/mol. The second kappa shape index (κ2) is 5.75. The summed E-state index contributed by atoms with van der Waals surface area (Å²) >= 11 is 11.9. The van der Waals surface area contributed by atoms with Gasteiger partial charge >= 0.3 is 149 Å². The fraction of sp³-hybridized carbons (Fsp3) is 0.125.